The Kier molecular flexibility index (Phi) is 3.78. The largest absolute Gasteiger partial charge is 0.504 e. The Morgan fingerprint density at radius 1 is 1.33 bits per heavy atom. The molecule has 0 aliphatic heterocycles. The van der Waals surface area contributed by atoms with Crippen LogP contribution in [0.3, 0.4) is 0 Å². The Balaban J connectivity index is 2.23. The number of nitrogens with zero attached hydrogens (tertiary/aromatic N) is 2. The fraction of sp³-hybridized carbons (Fsp3) is 0.333. The van der Waals surface area contributed by atoms with Gasteiger partial charge in [-0.15, -0.1) is 0 Å². The molecule has 18 heavy (non-hydrogen) atoms. The molecule has 0 atom stereocenters. The van der Waals surface area contributed by atoms with Gasteiger partial charge < -0.3 is 19.1 Å². The minimum absolute atomic E-state index is 0.0698. The SMILES string of the molecule is COCCc1noc(-c2ccc(O)c(OC)c2)n1. The molecular formula is C12H14N2O4. The van der Waals surface area contributed by atoms with E-state index < -0.39 is 0 Å². The zero-order valence-electron chi connectivity index (χ0n) is 10.2. The Labute approximate surface area is 104 Å². The van der Waals surface area contributed by atoms with Crippen LogP contribution < -0.4 is 4.74 Å². The number of methoxy groups -OCH3 is 2. The van der Waals surface area contributed by atoms with E-state index in [9.17, 15) is 5.11 Å². The number of benzene rings is 1. The van der Waals surface area contributed by atoms with Gasteiger partial charge in [0.05, 0.1) is 13.7 Å². The van der Waals surface area contributed by atoms with Gasteiger partial charge in [-0.1, -0.05) is 5.16 Å². The molecule has 2 rings (SSSR count). The van der Waals surface area contributed by atoms with E-state index in [2.05, 4.69) is 10.1 Å². The summed E-state index contributed by atoms with van der Waals surface area (Å²) in [6.45, 7) is 0.540. The number of ether oxygens (including phenoxy) is 2. The van der Waals surface area contributed by atoms with Crippen molar-refractivity contribution in [1.82, 2.24) is 10.1 Å². The topological polar surface area (TPSA) is 77.6 Å². The third-order valence-corrected chi connectivity index (χ3v) is 2.42. The van der Waals surface area contributed by atoms with Crippen LogP contribution in [0.4, 0.5) is 0 Å². The monoisotopic (exact) mass is 250 g/mol. The number of hydrogen-bond donors (Lipinski definition) is 1. The highest BCUT2D eigenvalue weighted by atomic mass is 16.5. The van der Waals surface area contributed by atoms with E-state index in [1.165, 1.54) is 13.2 Å². The summed E-state index contributed by atoms with van der Waals surface area (Å²) in [4.78, 5) is 4.23. The number of hydrogen-bond acceptors (Lipinski definition) is 6. The van der Waals surface area contributed by atoms with Crippen molar-refractivity contribution in [3.8, 4) is 23.0 Å². The lowest BCUT2D eigenvalue weighted by Crippen LogP contribution is -1.96. The Hall–Kier alpha value is -2.08. The maximum absolute atomic E-state index is 9.50. The van der Waals surface area contributed by atoms with Crippen LogP contribution in [0.2, 0.25) is 0 Å². The molecule has 1 N–H and O–H groups in total. The number of phenols is 1. The zero-order chi connectivity index (χ0) is 13.0. The van der Waals surface area contributed by atoms with Crippen LogP contribution in [0, 0.1) is 0 Å². The lowest BCUT2D eigenvalue weighted by molar-refractivity contribution is 0.199. The average molecular weight is 250 g/mol. The van der Waals surface area contributed by atoms with E-state index in [1.807, 2.05) is 0 Å². The van der Waals surface area contributed by atoms with Gasteiger partial charge in [-0.25, -0.2) is 0 Å². The van der Waals surface area contributed by atoms with E-state index in [0.717, 1.165) is 0 Å². The first-order valence-corrected chi connectivity index (χ1v) is 5.43. The van der Waals surface area contributed by atoms with Crippen molar-refractivity contribution in [2.24, 2.45) is 0 Å². The van der Waals surface area contributed by atoms with Crippen molar-refractivity contribution in [1.29, 1.82) is 0 Å². The summed E-state index contributed by atoms with van der Waals surface area (Å²) in [5, 5.41) is 13.3. The van der Waals surface area contributed by atoms with Gasteiger partial charge in [-0.05, 0) is 18.2 Å². The smallest absolute Gasteiger partial charge is 0.258 e. The van der Waals surface area contributed by atoms with Crippen molar-refractivity contribution in [3.63, 3.8) is 0 Å². The van der Waals surface area contributed by atoms with Crippen molar-refractivity contribution in [2.45, 2.75) is 6.42 Å². The molecule has 0 saturated carbocycles. The maximum Gasteiger partial charge on any atom is 0.258 e. The summed E-state index contributed by atoms with van der Waals surface area (Å²) < 4.78 is 15.1. The first-order valence-electron chi connectivity index (χ1n) is 5.43. The van der Waals surface area contributed by atoms with Crippen molar-refractivity contribution >= 4 is 0 Å². The lowest BCUT2D eigenvalue weighted by Gasteiger charge is -2.03. The summed E-state index contributed by atoms with van der Waals surface area (Å²) in [6, 6.07) is 4.85. The maximum atomic E-state index is 9.50. The minimum atomic E-state index is 0.0698. The molecule has 0 aliphatic rings. The molecule has 0 bridgehead atoms. The molecule has 0 aliphatic carbocycles. The summed E-state index contributed by atoms with van der Waals surface area (Å²) in [5.41, 5.74) is 0.695. The Morgan fingerprint density at radius 2 is 2.17 bits per heavy atom. The van der Waals surface area contributed by atoms with Gasteiger partial charge in [0.1, 0.15) is 0 Å². The molecule has 0 spiro atoms. The van der Waals surface area contributed by atoms with Crippen molar-refractivity contribution in [2.75, 3.05) is 20.8 Å². The zero-order valence-corrected chi connectivity index (χ0v) is 10.2. The van der Waals surface area contributed by atoms with E-state index in [1.54, 1.807) is 19.2 Å². The van der Waals surface area contributed by atoms with E-state index in [-0.39, 0.29) is 5.75 Å². The molecule has 6 nitrogen and oxygen atoms in total. The molecule has 96 valence electrons. The first kappa shape index (κ1) is 12.4. The highest BCUT2D eigenvalue weighted by molar-refractivity contribution is 5.59. The molecule has 0 radical (unpaired) electrons. The van der Waals surface area contributed by atoms with Crippen LogP contribution in [0.25, 0.3) is 11.5 Å². The van der Waals surface area contributed by atoms with Crippen LogP contribution in [0.5, 0.6) is 11.5 Å². The Morgan fingerprint density at radius 3 is 2.89 bits per heavy atom. The van der Waals surface area contributed by atoms with Gasteiger partial charge >= 0.3 is 0 Å². The number of rotatable bonds is 5. The Bertz CT molecular complexity index is 525. The molecular weight excluding hydrogens is 236 g/mol. The summed E-state index contributed by atoms with van der Waals surface area (Å²) in [5.74, 6) is 1.41. The van der Waals surface area contributed by atoms with Gasteiger partial charge in [0, 0.05) is 19.1 Å². The van der Waals surface area contributed by atoms with Crippen LogP contribution in [-0.4, -0.2) is 36.1 Å². The van der Waals surface area contributed by atoms with Gasteiger partial charge in [-0.2, -0.15) is 4.98 Å². The second kappa shape index (κ2) is 5.50. The van der Waals surface area contributed by atoms with Crippen LogP contribution in [0.15, 0.2) is 22.7 Å². The molecule has 1 aromatic heterocycles. The molecule has 6 heteroatoms. The third kappa shape index (κ3) is 2.60. The van der Waals surface area contributed by atoms with E-state index in [4.69, 9.17) is 14.0 Å². The minimum Gasteiger partial charge on any atom is -0.504 e. The van der Waals surface area contributed by atoms with E-state index in [0.29, 0.717) is 36.1 Å². The summed E-state index contributed by atoms with van der Waals surface area (Å²) >= 11 is 0. The quantitative estimate of drug-likeness (QED) is 0.869. The fourth-order valence-electron chi connectivity index (χ4n) is 1.48. The third-order valence-electron chi connectivity index (χ3n) is 2.42. The molecule has 1 aromatic carbocycles. The van der Waals surface area contributed by atoms with Crippen LogP contribution in [0.1, 0.15) is 5.82 Å². The number of aromatic hydroxyl groups is 1. The van der Waals surface area contributed by atoms with Gasteiger partial charge in [0.15, 0.2) is 17.3 Å². The van der Waals surface area contributed by atoms with Gasteiger partial charge in [-0.3, -0.25) is 0 Å². The second-order valence-electron chi connectivity index (χ2n) is 3.65. The number of aromatic nitrogens is 2. The lowest BCUT2D eigenvalue weighted by atomic mass is 10.2. The van der Waals surface area contributed by atoms with Crippen molar-refractivity contribution in [3.05, 3.63) is 24.0 Å². The fourth-order valence-corrected chi connectivity index (χ4v) is 1.48. The molecule has 0 amide bonds. The highest BCUT2D eigenvalue weighted by Gasteiger charge is 2.11. The predicted octanol–water partition coefficient (Wildman–Crippen LogP) is 1.64. The average Bonchev–Trinajstić information content (AvgIpc) is 2.85. The summed E-state index contributed by atoms with van der Waals surface area (Å²) in [6.07, 6.45) is 0.592. The van der Waals surface area contributed by atoms with Crippen LogP contribution >= 0.6 is 0 Å². The number of phenolic OH excluding ortho intramolecular Hbond substituents is 1. The van der Waals surface area contributed by atoms with Crippen molar-refractivity contribution < 1.29 is 19.1 Å². The summed E-state index contributed by atoms with van der Waals surface area (Å²) in [7, 11) is 3.10. The van der Waals surface area contributed by atoms with Gasteiger partial charge in [0.25, 0.3) is 5.89 Å². The molecule has 0 unspecified atom stereocenters. The molecule has 0 fully saturated rings. The highest BCUT2D eigenvalue weighted by Crippen LogP contribution is 2.30. The molecule has 2 aromatic rings. The van der Waals surface area contributed by atoms with Crippen LogP contribution in [-0.2, 0) is 11.2 Å². The second-order valence-corrected chi connectivity index (χ2v) is 3.65. The normalized spacial score (nSPS) is 10.6. The van der Waals surface area contributed by atoms with Gasteiger partial charge in [0.2, 0.25) is 0 Å². The standard InChI is InChI=1S/C12H14N2O4/c1-16-6-5-11-13-12(18-14-11)8-3-4-9(15)10(7-8)17-2/h3-4,7,15H,5-6H2,1-2H3. The molecule has 1 heterocycles. The predicted molar refractivity (Wildman–Crippen MR) is 63.5 cm³/mol. The first-order chi connectivity index (χ1) is 8.74. The van der Waals surface area contributed by atoms with E-state index >= 15 is 0 Å². The molecule has 0 saturated heterocycles.